The normalized spacial score (nSPS) is 31.5. The lowest BCUT2D eigenvalue weighted by Gasteiger charge is -2.41. The smallest absolute Gasteiger partial charge is 0.118 e. The number of hydrogen-bond acceptors (Lipinski definition) is 3. The number of aliphatic hydroxyl groups is 2. The lowest BCUT2D eigenvalue weighted by atomic mass is 9.69. The van der Waals surface area contributed by atoms with E-state index in [1.807, 2.05) is 13.0 Å². The number of aryl methyl sites for hydroxylation is 1. The molecule has 3 heteroatoms. The van der Waals surface area contributed by atoms with E-state index in [1.54, 1.807) is 13.0 Å². The van der Waals surface area contributed by atoms with Crippen molar-refractivity contribution >= 4 is 0 Å². The first-order valence-corrected chi connectivity index (χ1v) is 6.49. The molecule has 3 N–H and O–H groups in total. The van der Waals surface area contributed by atoms with Crippen LogP contribution in [0.3, 0.4) is 0 Å². The van der Waals surface area contributed by atoms with Crippen molar-refractivity contribution in [1.82, 2.24) is 0 Å². The van der Waals surface area contributed by atoms with Crippen LogP contribution in [0.4, 0.5) is 0 Å². The van der Waals surface area contributed by atoms with Crippen molar-refractivity contribution in [2.24, 2.45) is 5.92 Å². The highest BCUT2D eigenvalue weighted by Crippen LogP contribution is 2.46. The average Bonchev–Trinajstić information content (AvgIpc) is 2.26. The summed E-state index contributed by atoms with van der Waals surface area (Å²) in [5, 5.41) is 30.4. The quantitative estimate of drug-likeness (QED) is 0.717. The molecule has 0 saturated heterocycles. The van der Waals surface area contributed by atoms with E-state index in [2.05, 4.69) is 13.8 Å². The van der Waals surface area contributed by atoms with Gasteiger partial charge in [0.15, 0.2) is 0 Å². The standard InChI is InChI=1S/C15H22O3/c1-8(2)10-6-14(17)15(4,18)12-7-13(16)9(3)5-11(10)12/h5,7-8,10,14,16-18H,6H2,1-4H3/t10-,14+,15-/m1/s1. The van der Waals surface area contributed by atoms with Crippen LogP contribution < -0.4 is 0 Å². The first kappa shape index (κ1) is 13.4. The summed E-state index contributed by atoms with van der Waals surface area (Å²) in [4.78, 5) is 0. The molecule has 0 fully saturated rings. The van der Waals surface area contributed by atoms with Crippen LogP contribution in [-0.4, -0.2) is 21.4 Å². The number of rotatable bonds is 1. The molecule has 100 valence electrons. The van der Waals surface area contributed by atoms with Gasteiger partial charge in [-0.1, -0.05) is 19.9 Å². The van der Waals surface area contributed by atoms with Crippen LogP contribution in [0, 0.1) is 12.8 Å². The average molecular weight is 250 g/mol. The summed E-state index contributed by atoms with van der Waals surface area (Å²) in [6.07, 6.45) is -0.235. The molecule has 0 amide bonds. The third-order valence-electron chi connectivity index (χ3n) is 4.24. The molecule has 3 nitrogen and oxygen atoms in total. The van der Waals surface area contributed by atoms with E-state index in [9.17, 15) is 15.3 Å². The zero-order chi connectivity index (χ0) is 13.7. The zero-order valence-corrected chi connectivity index (χ0v) is 11.4. The first-order valence-electron chi connectivity index (χ1n) is 6.49. The van der Waals surface area contributed by atoms with E-state index >= 15 is 0 Å². The molecule has 0 saturated carbocycles. The predicted molar refractivity (Wildman–Crippen MR) is 70.6 cm³/mol. The molecule has 1 aromatic carbocycles. The minimum Gasteiger partial charge on any atom is -0.508 e. The Labute approximate surface area is 108 Å². The molecular weight excluding hydrogens is 228 g/mol. The molecule has 18 heavy (non-hydrogen) atoms. The van der Waals surface area contributed by atoms with E-state index in [4.69, 9.17) is 0 Å². The Morgan fingerprint density at radius 2 is 1.94 bits per heavy atom. The molecule has 0 unspecified atom stereocenters. The molecule has 1 aliphatic carbocycles. The van der Waals surface area contributed by atoms with Crippen molar-refractivity contribution < 1.29 is 15.3 Å². The summed E-state index contributed by atoms with van der Waals surface area (Å²) < 4.78 is 0. The van der Waals surface area contributed by atoms with Crippen molar-refractivity contribution in [1.29, 1.82) is 0 Å². The lowest BCUT2D eigenvalue weighted by Crippen LogP contribution is -2.43. The minimum absolute atomic E-state index is 0.172. The molecule has 0 aromatic heterocycles. The van der Waals surface area contributed by atoms with E-state index in [0.717, 1.165) is 11.1 Å². The highest BCUT2D eigenvalue weighted by atomic mass is 16.3. The van der Waals surface area contributed by atoms with Gasteiger partial charge in [0, 0.05) is 0 Å². The molecule has 1 aromatic rings. The zero-order valence-electron chi connectivity index (χ0n) is 11.4. The molecule has 0 spiro atoms. The number of hydrogen-bond donors (Lipinski definition) is 3. The Balaban J connectivity index is 2.65. The molecule has 2 rings (SSSR count). The highest BCUT2D eigenvalue weighted by molar-refractivity contribution is 5.47. The summed E-state index contributed by atoms with van der Waals surface area (Å²) in [6, 6.07) is 3.54. The largest absolute Gasteiger partial charge is 0.508 e. The minimum atomic E-state index is -1.29. The van der Waals surface area contributed by atoms with Crippen LogP contribution in [0.5, 0.6) is 5.75 Å². The molecule has 0 aliphatic heterocycles. The summed E-state index contributed by atoms with van der Waals surface area (Å²) in [7, 11) is 0. The number of aliphatic hydroxyl groups excluding tert-OH is 1. The summed E-state index contributed by atoms with van der Waals surface area (Å²) in [5.41, 5.74) is 1.23. The Bertz CT molecular complexity index is 463. The summed E-state index contributed by atoms with van der Waals surface area (Å²) >= 11 is 0. The Morgan fingerprint density at radius 1 is 1.33 bits per heavy atom. The van der Waals surface area contributed by atoms with Crippen molar-refractivity contribution in [3.8, 4) is 5.75 Å². The van der Waals surface area contributed by atoms with Crippen LogP contribution >= 0.6 is 0 Å². The number of phenolic OH excluding ortho intramolecular Hbond substituents is 1. The van der Waals surface area contributed by atoms with E-state index in [0.29, 0.717) is 17.9 Å². The van der Waals surface area contributed by atoms with Crippen LogP contribution in [-0.2, 0) is 5.60 Å². The molecule has 0 heterocycles. The number of aromatic hydroxyl groups is 1. The number of fused-ring (bicyclic) bond motifs is 1. The van der Waals surface area contributed by atoms with Gasteiger partial charge in [0.2, 0.25) is 0 Å². The Morgan fingerprint density at radius 3 is 2.50 bits per heavy atom. The second-order valence-corrected chi connectivity index (χ2v) is 5.98. The van der Waals surface area contributed by atoms with Gasteiger partial charge in [0.25, 0.3) is 0 Å². The van der Waals surface area contributed by atoms with E-state index in [1.165, 1.54) is 0 Å². The maximum atomic E-state index is 10.4. The second kappa shape index (κ2) is 4.25. The fraction of sp³-hybridized carbons (Fsp3) is 0.600. The fourth-order valence-corrected chi connectivity index (χ4v) is 2.87. The number of benzene rings is 1. The van der Waals surface area contributed by atoms with Gasteiger partial charge in [-0.3, -0.25) is 0 Å². The van der Waals surface area contributed by atoms with Crippen molar-refractivity contribution in [3.63, 3.8) is 0 Å². The van der Waals surface area contributed by atoms with Gasteiger partial charge in [0.05, 0.1) is 6.10 Å². The third-order valence-corrected chi connectivity index (χ3v) is 4.24. The van der Waals surface area contributed by atoms with Gasteiger partial charge in [-0.05, 0) is 54.9 Å². The Kier molecular flexibility index (Phi) is 3.16. The molecule has 1 aliphatic rings. The monoisotopic (exact) mass is 250 g/mol. The summed E-state index contributed by atoms with van der Waals surface area (Å²) in [5.74, 6) is 0.776. The van der Waals surface area contributed by atoms with Gasteiger partial charge < -0.3 is 15.3 Å². The SMILES string of the molecule is Cc1cc2c(cc1O)[C@@](C)(O)[C@@H](O)C[C@@H]2C(C)C. The predicted octanol–water partition coefficient (Wildman–Crippen LogP) is 2.41. The van der Waals surface area contributed by atoms with Crippen molar-refractivity contribution in [2.45, 2.75) is 51.7 Å². The Hall–Kier alpha value is -1.06. The third kappa shape index (κ3) is 1.91. The summed E-state index contributed by atoms with van der Waals surface area (Å²) in [6.45, 7) is 7.70. The molecule has 0 radical (unpaired) electrons. The second-order valence-electron chi connectivity index (χ2n) is 5.98. The maximum absolute atomic E-state index is 10.4. The van der Waals surface area contributed by atoms with Gasteiger partial charge in [-0.15, -0.1) is 0 Å². The van der Waals surface area contributed by atoms with Crippen LogP contribution in [0.25, 0.3) is 0 Å². The van der Waals surface area contributed by atoms with Crippen LogP contribution in [0.15, 0.2) is 12.1 Å². The van der Waals surface area contributed by atoms with Gasteiger partial charge in [0.1, 0.15) is 11.4 Å². The van der Waals surface area contributed by atoms with Crippen LogP contribution in [0.1, 0.15) is 49.8 Å². The van der Waals surface area contributed by atoms with Crippen molar-refractivity contribution in [3.05, 3.63) is 28.8 Å². The fourth-order valence-electron chi connectivity index (χ4n) is 2.87. The topological polar surface area (TPSA) is 60.7 Å². The first-order chi connectivity index (χ1) is 8.25. The maximum Gasteiger partial charge on any atom is 0.118 e. The van der Waals surface area contributed by atoms with Crippen LogP contribution in [0.2, 0.25) is 0 Å². The van der Waals surface area contributed by atoms with Crippen molar-refractivity contribution in [2.75, 3.05) is 0 Å². The molecular formula is C15H22O3. The molecule has 0 bridgehead atoms. The van der Waals surface area contributed by atoms with Gasteiger partial charge in [-0.2, -0.15) is 0 Å². The van der Waals surface area contributed by atoms with Gasteiger partial charge in [-0.25, -0.2) is 0 Å². The van der Waals surface area contributed by atoms with E-state index < -0.39 is 11.7 Å². The highest BCUT2D eigenvalue weighted by Gasteiger charge is 2.42. The van der Waals surface area contributed by atoms with Gasteiger partial charge >= 0.3 is 0 Å². The number of phenols is 1. The molecule has 3 atom stereocenters. The van der Waals surface area contributed by atoms with E-state index in [-0.39, 0.29) is 11.7 Å². The lowest BCUT2D eigenvalue weighted by molar-refractivity contribution is -0.0834.